The van der Waals surface area contributed by atoms with E-state index in [2.05, 4.69) is 24.1 Å². The predicted molar refractivity (Wildman–Crippen MR) is 79.0 cm³/mol. The second-order valence-corrected chi connectivity index (χ2v) is 6.83. The molecule has 0 spiro atoms. The van der Waals surface area contributed by atoms with E-state index in [0.29, 0.717) is 12.0 Å². The fourth-order valence-corrected chi connectivity index (χ4v) is 3.70. The third-order valence-corrected chi connectivity index (χ3v) is 4.63. The molecule has 3 heteroatoms. The van der Waals surface area contributed by atoms with Crippen molar-refractivity contribution < 1.29 is 4.79 Å². The zero-order chi connectivity index (χ0) is 13.7. The van der Waals surface area contributed by atoms with Gasteiger partial charge >= 0.3 is 0 Å². The van der Waals surface area contributed by atoms with Crippen molar-refractivity contribution in [3.63, 3.8) is 0 Å². The minimum Gasteiger partial charge on any atom is -0.352 e. The van der Waals surface area contributed by atoms with Crippen molar-refractivity contribution in [2.24, 2.45) is 11.8 Å². The van der Waals surface area contributed by atoms with E-state index in [1.807, 2.05) is 0 Å². The second kappa shape index (κ2) is 7.28. The van der Waals surface area contributed by atoms with Crippen molar-refractivity contribution in [1.82, 2.24) is 10.2 Å². The van der Waals surface area contributed by atoms with E-state index in [0.717, 1.165) is 18.9 Å². The summed E-state index contributed by atoms with van der Waals surface area (Å²) in [5.41, 5.74) is 0. The number of hydrogen-bond acceptors (Lipinski definition) is 2. The van der Waals surface area contributed by atoms with E-state index in [1.54, 1.807) is 0 Å². The Balaban J connectivity index is 1.65. The summed E-state index contributed by atoms with van der Waals surface area (Å²) in [4.78, 5) is 14.5. The smallest absolute Gasteiger partial charge is 0.220 e. The first-order chi connectivity index (χ1) is 9.13. The lowest BCUT2D eigenvalue weighted by Gasteiger charge is -2.33. The molecule has 1 heterocycles. The average molecular weight is 266 g/mol. The number of likely N-dealkylation sites (tertiary alicyclic amines) is 1. The Morgan fingerprint density at radius 2 is 2.00 bits per heavy atom. The second-order valence-electron chi connectivity index (χ2n) is 6.83. The highest BCUT2D eigenvalue weighted by molar-refractivity contribution is 5.76. The Hall–Kier alpha value is -0.570. The molecule has 0 aromatic carbocycles. The molecule has 2 rings (SSSR count). The third kappa shape index (κ3) is 5.13. The average Bonchev–Trinajstić information content (AvgIpc) is 2.81. The molecule has 2 unspecified atom stereocenters. The molecule has 1 aliphatic carbocycles. The molecule has 2 fully saturated rings. The number of piperidine rings is 1. The third-order valence-electron chi connectivity index (χ3n) is 4.63. The van der Waals surface area contributed by atoms with Crippen molar-refractivity contribution in [2.45, 2.75) is 64.8 Å². The van der Waals surface area contributed by atoms with E-state index >= 15 is 0 Å². The van der Waals surface area contributed by atoms with Gasteiger partial charge in [0.25, 0.3) is 0 Å². The molecule has 1 amide bonds. The number of hydrogen-bond donors (Lipinski definition) is 1. The van der Waals surface area contributed by atoms with Crippen molar-refractivity contribution in [3.05, 3.63) is 0 Å². The summed E-state index contributed by atoms with van der Waals surface area (Å²) in [5.74, 6) is 1.74. The maximum Gasteiger partial charge on any atom is 0.220 e. The molecule has 1 N–H and O–H groups in total. The van der Waals surface area contributed by atoms with Crippen LogP contribution in [0.3, 0.4) is 0 Å². The van der Waals surface area contributed by atoms with E-state index in [-0.39, 0.29) is 5.91 Å². The van der Waals surface area contributed by atoms with Gasteiger partial charge in [0.2, 0.25) is 5.91 Å². The van der Waals surface area contributed by atoms with Gasteiger partial charge in [-0.3, -0.25) is 4.79 Å². The van der Waals surface area contributed by atoms with Crippen LogP contribution in [0.4, 0.5) is 0 Å². The lowest BCUT2D eigenvalue weighted by molar-refractivity contribution is -0.122. The fraction of sp³-hybridized carbons (Fsp3) is 0.938. The first kappa shape index (κ1) is 14.8. The Morgan fingerprint density at radius 3 is 2.68 bits per heavy atom. The topological polar surface area (TPSA) is 32.3 Å². The summed E-state index contributed by atoms with van der Waals surface area (Å²) >= 11 is 0. The highest BCUT2D eigenvalue weighted by Crippen LogP contribution is 2.27. The summed E-state index contributed by atoms with van der Waals surface area (Å²) in [6.07, 6.45) is 8.57. The summed E-state index contributed by atoms with van der Waals surface area (Å²) in [5, 5.41) is 3.19. The normalized spacial score (nSPS) is 27.4. The molecule has 2 aliphatic rings. The van der Waals surface area contributed by atoms with E-state index in [4.69, 9.17) is 0 Å². The molecular formula is C16H30N2O. The number of amides is 1. The van der Waals surface area contributed by atoms with Gasteiger partial charge in [0.1, 0.15) is 0 Å². The molecule has 0 aromatic rings. The number of carbonyl (C=O) groups excluding carboxylic acids is 1. The van der Waals surface area contributed by atoms with Crippen LogP contribution in [0, 0.1) is 11.8 Å². The van der Waals surface area contributed by atoms with Crippen LogP contribution >= 0.6 is 0 Å². The van der Waals surface area contributed by atoms with Gasteiger partial charge in [-0.25, -0.2) is 0 Å². The maximum atomic E-state index is 12.0. The number of nitrogens with zero attached hydrogens (tertiary/aromatic N) is 1. The zero-order valence-corrected chi connectivity index (χ0v) is 12.7. The Bertz CT molecular complexity index is 286. The van der Waals surface area contributed by atoms with Crippen LogP contribution in [0.15, 0.2) is 0 Å². The molecular weight excluding hydrogens is 236 g/mol. The Labute approximate surface area is 118 Å². The fourth-order valence-electron chi connectivity index (χ4n) is 3.70. The van der Waals surface area contributed by atoms with Gasteiger partial charge in [-0.2, -0.15) is 0 Å². The number of nitrogens with one attached hydrogen (secondary N) is 1. The van der Waals surface area contributed by atoms with E-state index in [1.165, 1.54) is 51.6 Å². The van der Waals surface area contributed by atoms with Crippen molar-refractivity contribution in [1.29, 1.82) is 0 Å². The molecule has 110 valence electrons. The SMILES string of the molecule is CC1CCCN(CC(C)NC(=O)CC2CCCC2)C1. The largest absolute Gasteiger partial charge is 0.352 e. The van der Waals surface area contributed by atoms with Gasteiger partial charge in [0, 0.05) is 25.6 Å². The molecule has 0 radical (unpaired) electrons. The molecule has 2 atom stereocenters. The molecule has 1 saturated heterocycles. The van der Waals surface area contributed by atoms with Crippen LogP contribution in [0.5, 0.6) is 0 Å². The van der Waals surface area contributed by atoms with Gasteiger partial charge in [-0.05, 0) is 51.0 Å². The lowest BCUT2D eigenvalue weighted by Crippen LogP contribution is -2.45. The van der Waals surface area contributed by atoms with Gasteiger partial charge < -0.3 is 10.2 Å². The van der Waals surface area contributed by atoms with Crippen LogP contribution in [-0.2, 0) is 4.79 Å². The highest BCUT2D eigenvalue weighted by atomic mass is 16.1. The van der Waals surface area contributed by atoms with Crippen LogP contribution in [0.2, 0.25) is 0 Å². The summed E-state index contributed by atoms with van der Waals surface area (Å²) in [6.45, 7) is 7.89. The maximum absolute atomic E-state index is 12.0. The first-order valence-corrected chi connectivity index (χ1v) is 8.15. The van der Waals surface area contributed by atoms with Crippen molar-refractivity contribution in [3.8, 4) is 0 Å². The predicted octanol–water partition coefficient (Wildman–Crippen LogP) is 2.80. The summed E-state index contributed by atoms with van der Waals surface area (Å²) < 4.78 is 0. The minimum absolute atomic E-state index is 0.268. The Kier molecular flexibility index (Phi) is 5.68. The van der Waals surface area contributed by atoms with Crippen LogP contribution in [0.25, 0.3) is 0 Å². The van der Waals surface area contributed by atoms with E-state index < -0.39 is 0 Å². The quantitative estimate of drug-likeness (QED) is 0.830. The van der Waals surface area contributed by atoms with Gasteiger partial charge in [-0.1, -0.05) is 19.8 Å². The monoisotopic (exact) mass is 266 g/mol. The summed E-state index contributed by atoms with van der Waals surface area (Å²) in [6, 6.07) is 0.291. The van der Waals surface area contributed by atoms with E-state index in [9.17, 15) is 4.79 Å². The molecule has 0 bridgehead atoms. The number of rotatable bonds is 5. The molecule has 19 heavy (non-hydrogen) atoms. The molecule has 3 nitrogen and oxygen atoms in total. The summed E-state index contributed by atoms with van der Waals surface area (Å²) in [7, 11) is 0. The van der Waals surface area contributed by atoms with Gasteiger partial charge in [0.15, 0.2) is 0 Å². The first-order valence-electron chi connectivity index (χ1n) is 8.15. The molecule has 1 aliphatic heterocycles. The van der Waals surface area contributed by atoms with Gasteiger partial charge in [0.05, 0.1) is 0 Å². The highest BCUT2D eigenvalue weighted by Gasteiger charge is 2.21. The van der Waals surface area contributed by atoms with Crippen LogP contribution in [-0.4, -0.2) is 36.5 Å². The minimum atomic E-state index is 0.268. The Morgan fingerprint density at radius 1 is 1.26 bits per heavy atom. The van der Waals surface area contributed by atoms with Gasteiger partial charge in [-0.15, -0.1) is 0 Å². The van der Waals surface area contributed by atoms with Crippen LogP contribution < -0.4 is 5.32 Å². The molecule has 0 aromatic heterocycles. The van der Waals surface area contributed by atoms with Crippen LogP contribution in [0.1, 0.15) is 58.8 Å². The van der Waals surface area contributed by atoms with Crippen molar-refractivity contribution in [2.75, 3.05) is 19.6 Å². The lowest BCUT2D eigenvalue weighted by atomic mass is 10.00. The standard InChI is InChI=1S/C16H30N2O/c1-13-6-5-9-18(11-13)12-14(2)17-16(19)10-15-7-3-4-8-15/h13-15H,3-12H2,1-2H3,(H,17,19). The molecule has 1 saturated carbocycles. The van der Waals surface area contributed by atoms with Crippen molar-refractivity contribution >= 4 is 5.91 Å². The zero-order valence-electron chi connectivity index (χ0n) is 12.7. The number of carbonyl (C=O) groups is 1.